The molecule has 0 unspecified atom stereocenters. The van der Waals surface area contributed by atoms with Gasteiger partial charge in [-0.25, -0.2) is 0 Å². The first-order valence-corrected chi connectivity index (χ1v) is 5.14. The van der Waals surface area contributed by atoms with Gasteiger partial charge in [0.25, 0.3) is 0 Å². The maximum atomic E-state index is 8.86. The van der Waals surface area contributed by atoms with E-state index in [1.54, 1.807) is 0 Å². The number of nitriles is 1. The molecule has 3 heteroatoms. The fourth-order valence-corrected chi connectivity index (χ4v) is 4.23. The fourth-order valence-electron chi connectivity index (χ4n) is 3.32. The maximum Gasteiger partial charge on any atom is 0.125 e. The van der Waals surface area contributed by atoms with Gasteiger partial charge < -0.3 is 0 Å². The Morgan fingerprint density at radius 2 is 2.08 bits per heavy atom. The molecule has 4 atom stereocenters. The molecule has 1 spiro atoms. The minimum absolute atomic E-state index is 0.154. The zero-order valence-electron chi connectivity index (χ0n) is 6.56. The molecule has 4 saturated carbocycles. The van der Waals surface area contributed by atoms with Crippen LogP contribution in [-0.2, 0) is 0 Å². The van der Waals surface area contributed by atoms with Crippen LogP contribution in [0.15, 0.2) is 0 Å². The third-order valence-electron chi connectivity index (χ3n) is 4.12. The molecule has 0 heterocycles. The van der Waals surface area contributed by atoms with Gasteiger partial charge in [0.05, 0.1) is 12.0 Å². The van der Waals surface area contributed by atoms with Gasteiger partial charge in [-0.05, 0) is 31.1 Å². The Morgan fingerprint density at radius 1 is 1.42 bits per heavy atom. The molecular formula is C9H9Cl2N. The molecule has 0 aromatic heterocycles. The minimum Gasteiger partial charge on any atom is -0.198 e. The molecule has 4 rings (SSSR count). The van der Waals surface area contributed by atoms with Crippen LogP contribution in [0.2, 0.25) is 0 Å². The molecule has 4 aliphatic rings. The number of hydrogen-bond donors (Lipinski definition) is 0. The second kappa shape index (κ2) is 1.79. The van der Waals surface area contributed by atoms with E-state index in [-0.39, 0.29) is 11.3 Å². The van der Waals surface area contributed by atoms with Gasteiger partial charge in [-0.2, -0.15) is 5.26 Å². The Kier molecular flexibility index (Phi) is 1.11. The number of alkyl halides is 2. The van der Waals surface area contributed by atoms with Crippen molar-refractivity contribution in [3.63, 3.8) is 0 Å². The van der Waals surface area contributed by atoms with Crippen molar-refractivity contribution in [1.29, 1.82) is 5.26 Å². The highest BCUT2D eigenvalue weighted by Crippen LogP contribution is 2.81. The molecular weight excluding hydrogens is 193 g/mol. The number of nitrogens with zero attached hydrogens (tertiary/aromatic N) is 1. The van der Waals surface area contributed by atoms with E-state index in [0.717, 1.165) is 12.8 Å². The van der Waals surface area contributed by atoms with Crippen LogP contribution in [0, 0.1) is 34.5 Å². The van der Waals surface area contributed by atoms with Gasteiger partial charge in [0.2, 0.25) is 0 Å². The van der Waals surface area contributed by atoms with Crippen LogP contribution in [-0.4, -0.2) is 4.33 Å². The normalized spacial score (nSPS) is 57.9. The summed E-state index contributed by atoms with van der Waals surface area (Å²) >= 11 is 12.2. The number of hydrogen-bond acceptors (Lipinski definition) is 1. The van der Waals surface area contributed by atoms with E-state index in [4.69, 9.17) is 28.5 Å². The average Bonchev–Trinajstić information content (AvgIpc) is 2.31. The lowest BCUT2D eigenvalue weighted by Crippen LogP contribution is -2.29. The molecule has 4 fully saturated rings. The molecule has 0 aromatic carbocycles. The van der Waals surface area contributed by atoms with Crippen LogP contribution < -0.4 is 0 Å². The van der Waals surface area contributed by atoms with Gasteiger partial charge >= 0.3 is 0 Å². The number of halogens is 2. The first-order valence-electron chi connectivity index (χ1n) is 4.38. The third kappa shape index (κ3) is 0.572. The van der Waals surface area contributed by atoms with Crippen LogP contribution in [0.4, 0.5) is 0 Å². The molecule has 4 aliphatic carbocycles. The zero-order chi connectivity index (χ0) is 8.56. The van der Waals surface area contributed by atoms with Crippen molar-refractivity contribution in [3.05, 3.63) is 0 Å². The Labute approximate surface area is 81.6 Å². The molecule has 12 heavy (non-hydrogen) atoms. The van der Waals surface area contributed by atoms with E-state index in [9.17, 15) is 0 Å². The SMILES string of the molecule is N#C[C@H]1[C@H]2C[C@@H]1[C@]1(C2)CC1(Cl)Cl. The summed E-state index contributed by atoms with van der Waals surface area (Å²) < 4.78 is -0.488. The number of rotatable bonds is 0. The Morgan fingerprint density at radius 3 is 2.42 bits per heavy atom. The van der Waals surface area contributed by atoms with Crippen LogP contribution in [0.5, 0.6) is 0 Å². The molecule has 0 aromatic rings. The Hall–Kier alpha value is 0.0700. The Balaban J connectivity index is 1.93. The lowest BCUT2D eigenvalue weighted by Gasteiger charge is -2.31. The summed E-state index contributed by atoms with van der Waals surface area (Å²) in [4.78, 5) is 0. The smallest absolute Gasteiger partial charge is 0.125 e. The molecule has 64 valence electrons. The van der Waals surface area contributed by atoms with Crippen molar-refractivity contribution in [2.45, 2.75) is 23.6 Å². The molecule has 2 bridgehead atoms. The second-order valence-corrected chi connectivity index (χ2v) is 5.98. The third-order valence-corrected chi connectivity index (χ3v) is 5.14. The average molecular weight is 202 g/mol. The van der Waals surface area contributed by atoms with Crippen molar-refractivity contribution < 1.29 is 0 Å². The van der Waals surface area contributed by atoms with E-state index < -0.39 is 4.33 Å². The van der Waals surface area contributed by atoms with E-state index in [1.165, 1.54) is 6.42 Å². The van der Waals surface area contributed by atoms with Crippen LogP contribution >= 0.6 is 23.2 Å². The summed E-state index contributed by atoms with van der Waals surface area (Å²) in [5.74, 6) is 1.39. The van der Waals surface area contributed by atoms with Crippen LogP contribution in [0.3, 0.4) is 0 Å². The predicted molar refractivity (Wildman–Crippen MR) is 46.8 cm³/mol. The minimum atomic E-state index is -0.488. The van der Waals surface area contributed by atoms with E-state index in [2.05, 4.69) is 6.07 Å². The summed E-state index contributed by atoms with van der Waals surface area (Å²) in [6.45, 7) is 0. The molecule has 0 N–H and O–H groups in total. The van der Waals surface area contributed by atoms with Crippen molar-refractivity contribution in [2.24, 2.45) is 23.2 Å². The summed E-state index contributed by atoms with van der Waals surface area (Å²) in [5.41, 5.74) is 0.154. The van der Waals surface area contributed by atoms with Gasteiger partial charge in [0.1, 0.15) is 4.33 Å². The van der Waals surface area contributed by atoms with Gasteiger partial charge in [-0.1, -0.05) is 0 Å². The van der Waals surface area contributed by atoms with Crippen LogP contribution in [0.1, 0.15) is 19.3 Å². The lowest BCUT2D eigenvalue weighted by molar-refractivity contribution is 0.187. The summed E-state index contributed by atoms with van der Waals surface area (Å²) in [5, 5.41) is 8.86. The lowest BCUT2D eigenvalue weighted by atomic mass is 9.71. The van der Waals surface area contributed by atoms with Crippen molar-refractivity contribution in [3.8, 4) is 6.07 Å². The highest BCUT2D eigenvalue weighted by atomic mass is 35.5. The molecule has 0 amide bonds. The van der Waals surface area contributed by atoms with Gasteiger partial charge in [-0.3, -0.25) is 0 Å². The van der Waals surface area contributed by atoms with E-state index in [1.807, 2.05) is 0 Å². The summed E-state index contributed by atoms with van der Waals surface area (Å²) in [6.07, 6.45) is 3.21. The van der Waals surface area contributed by atoms with Gasteiger partial charge in [0, 0.05) is 5.41 Å². The standard InChI is InChI=1S/C9H9Cl2N/c10-9(11)4-8(9)2-5-1-7(8)6(5)3-12/h5-7H,1-2,4H2/t5-,6-,7-,8-/m0/s1. The first-order chi connectivity index (χ1) is 5.61. The molecule has 0 aliphatic heterocycles. The van der Waals surface area contributed by atoms with Gasteiger partial charge in [0.15, 0.2) is 0 Å². The van der Waals surface area contributed by atoms with Crippen molar-refractivity contribution in [2.75, 3.05) is 0 Å². The maximum absolute atomic E-state index is 8.86. The van der Waals surface area contributed by atoms with Crippen molar-refractivity contribution >= 4 is 23.2 Å². The largest absolute Gasteiger partial charge is 0.198 e. The van der Waals surface area contributed by atoms with Crippen molar-refractivity contribution in [1.82, 2.24) is 0 Å². The quantitative estimate of drug-likeness (QED) is 0.554. The second-order valence-electron chi connectivity index (χ2n) is 4.50. The van der Waals surface area contributed by atoms with Gasteiger partial charge in [-0.15, -0.1) is 23.2 Å². The highest BCUT2D eigenvalue weighted by Gasteiger charge is 2.78. The van der Waals surface area contributed by atoms with Crippen LogP contribution in [0.25, 0.3) is 0 Å². The highest BCUT2D eigenvalue weighted by molar-refractivity contribution is 6.51. The zero-order valence-corrected chi connectivity index (χ0v) is 8.07. The Bertz CT molecular complexity index is 293. The molecule has 0 saturated heterocycles. The monoisotopic (exact) mass is 201 g/mol. The first kappa shape index (κ1) is 7.47. The summed E-state index contributed by atoms with van der Waals surface area (Å²) in [7, 11) is 0. The van der Waals surface area contributed by atoms with E-state index >= 15 is 0 Å². The fraction of sp³-hybridized carbons (Fsp3) is 0.889. The molecule has 1 nitrogen and oxygen atoms in total. The molecule has 0 radical (unpaired) electrons. The summed E-state index contributed by atoms with van der Waals surface area (Å²) in [6, 6.07) is 2.38. The topological polar surface area (TPSA) is 23.8 Å². The van der Waals surface area contributed by atoms with E-state index in [0.29, 0.717) is 11.8 Å². The predicted octanol–water partition coefficient (Wildman–Crippen LogP) is 2.73.